The third kappa shape index (κ3) is 2.34. The molecule has 3 heterocycles. The minimum Gasteiger partial charge on any atom is -0.328 e. The Morgan fingerprint density at radius 3 is 2.82 bits per heavy atom. The number of carbonyl (C=O) groups excluding carboxylic acids is 2. The second kappa shape index (κ2) is 5.17. The molecule has 0 aromatic carbocycles. The Morgan fingerprint density at radius 2 is 2.23 bits per heavy atom. The van der Waals surface area contributed by atoms with Gasteiger partial charge in [0.25, 0.3) is 5.91 Å². The summed E-state index contributed by atoms with van der Waals surface area (Å²) in [5.41, 5.74) is 0. The van der Waals surface area contributed by atoms with E-state index in [0.717, 1.165) is 11.8 Å². The first-order valence-electron chi connectivity index (χ1n) is 6.26. The van der Waals surface area contributed by atoms with Crippen molar-refractivity contribution in [2.24, 2.45) is 7.05 Å². The lowest BCUT2D eigenvalue weighted by Crippen LogP contribution is -2.68. The van der Waals surface area contributed by atoms with Crippen molar-refractivity contribution < 1.29 is 22.6 Å². The average molecular weight is 348 g/mol. The Morgan fingerprint density at radius 1 is 1.50 bits per heavy atom. The fraction of sp³-hybridized carbons (Fsp3) is 0.667. The molecule has 1 aromatic heterocycles. The van der Waals surface area contributed by atoms with Gasteiger partial charge in [-0.1, -0.05) is 11.8 Å². The first kappa shape index (κ1) is 15.2. The summed E-state index contributed by atoms with van der Waals surface area (Å²) >= 11 is 1.13. The lowest BCUT2D eigenvalue weighted by Gasteiger charge is -2.42. The van der Waals surface area contributed by atoms with Crippen LogP contribution in [0.15, 0.2) is 5.16 Å². The lowest BCUT2D eigenvalue weighted by atomic mass is 10.0. The monoisotopic (exact) mass is 348 g/mol. The van der Waals surface area contributed by atoms with Crippen LogP contribution in [0, 0.1) is 0 Å². The number of thioether (sulfide) groups is 1. The number of hydrogen-bond donors (Lipinski definition) is 1. The molecule has 22 heavy (non-hydrogen) atoms. The Kier molecular flexibility index (Phi) is 3.57. The van der Waals surface area contributed by atoms with E-state index in [0.29, 0.717) is 15.9 Å². The van der Waals surface area contributed by atoms with Gasteiger partial charge >= 0.3 is 10.3 Å². The zero-order chi connectivity index (χ0) is 16.1. The van der Waals surface area contributed by atoms with Crippen LogP contribution < -0.4 is 0 Å². The summed E-state index contributed by atoms with van der Waals surface area (Å²) < 4.78 is 33.0. The van der Waals surface area contributed by atoms with Gasteiger partial charge in [-0.2, -0.15) is 8.42 Å². The Bertz CT molecular complexity index is 733. The van der Waals surface area contributed by atoms with Crippen LogP contribution in [0.25, 0.3) is 0 Å². The Balaban J connectivity index is 1.64. The van der Waals surface area contributed by atoms with Gasteiger partial charge in [-0.15, -0.1) is 5.10 Å². The van der Waals surface area contributed by atoms with Crippen LogP contribution >= 0.6 is 11.8 Å². The van der Waals surface area contributed by atoms with Crippen LogP contribution in [-0.4, -0.2) is 78.6 Å². The summed E-state index contributed by atoms with van der Waals surface area (Å²) in [6.45, 7) is 0.267. The van der Waals surface area contributed by atoms with Gasteiger partial charge in [0.15, 0.2) is 0 Å². The molecule has 1 aromatic rings. The van der Waals surface area contributed by atoms with E-state index in [9.17, 15) is 18.0 Å². The summed E-state index contributed by atoms with van der Waals surface area (Å²) in [6.07, 6.45) is 0.318. The minimum absolute atomic E-state index is 0.0383. The van der Waals surface area contributed by atoms with E-state index in [2.05, 4.69) is 15.5 Å². The SMILES string of the molecule is Cn1nnnc1SCC(=O)N1CC[C@@H]2[C@H]1C(=O)N2S(=O)(=O)O. The molecule has 2 aliphatic heterocycles. The number of aromatic nitrogens is 4. The van der Waals surface area contributed by atoms with E-state index in [1.807, 2.05) is 0 Å². The molecule has 0 spiro atoms. The third-order valence-corrected chi connectivity index (χ3v) is 5.56. The molecule has 2 fully saturated rings. The van der Waals surface area contributed by atoms with Crippen molar-refractivity contribution in [2.45, 2.75) is 23.7 Å². The number of β-lactam (4-membered cyclic amide) rings is 1. The Hall–Kier alpha value is -1.73. The van der Waals surface area contributed by atoms with Crippen molar-refractivity contribution in [3.63, 3.8) is 0 Å². The zero-order valence-electron chi connectivity index (χ0n) is 11.4. The molecule has 13 heteroatoms. The smallest absolute Gasteiger partial charge is 0.328 e. The molecule has 2 atom stereocenters. The van der Waals surface area contributed by atoms with Gasteiger partial charge in [0.2, 0.25) is 11.1 Å². The molecular formula is C9H12N6O5S2. The topological polar surface area (TPSA) is 139 Å². The number of likely N-dealkylation sites (tertiary alicyclic amines) is 1. The number of carbonyl (C=O) groups is 2. The quantitative estimate of drug-likeness (QED) is 0.369. The van der Waals surface area contributed by atoms with Crippen molar-refractivity contribution >= 4 is 33.9 Å². The second-order valence-electron chi connectivity index (χ2n) is 4.87. The van der Waals surface area contributed by atoms with Crippen molar-refractivity contribution in [3.05, 3.63) is 0 Å². The molecule has 2 amide bonds. The summed E-state index contributed by atoms with van der Waals surface area (Å²) in [4.78, 5) is 25.4. The van der Waals surface area contributed by atoms with Gasteiger partial charge in [0.1, 0.15) is 6.04 Å². The molecule has 0 saturated carbocycles. The van der Waals surface area contributed by atoms with E-state index < -0.39 is 28.3 Å². The predicted octanol–water partition coefficient (Wildman–Crippen LogP) is -2.08. The fourth-order valence-electron chi connectivity index (χ4n) is 2.65. The van der Waals surface area contributed by atoms with Crippen LogP contribution in [0.3, 0.4) is 0 Å². The average Bonchev–Trinajstić information content (AvgIpc) is 2.98. The first-order chi connectivity index (χ1) is 10.3. The molecule has 1 N–H and O–H groups in total. The number of aryl methyl sites for hydroxylation is 1. The number of nitrogens with zero attached hydrogens (tertiary/aromatic N) is 6. The van der Waals surface area contributed by atoms with Gasteiger partial charge < -0.3 is 4.90 Å². The summed E-state index contributed by atoms with van der Waals surface area (Å²) in [6, 6.07) is -1.49. The highest BCUT2D eigenvalue weighted by Crippen LogP contribution is 2.36. The van der Waals surface area contributed by atoms with Crippen molar-refractivity contribution in [1.82, 2.24) is 29.4 Å². The summed E-state index contributed by atoms with van der Waals surface area (Å²) in [7, 11) is -2.92. The summed E-state index contributed by atoms with van der Waals surface area (Å²) in [5.74, 6) is -1.04. The van der Waals surface area contributed by atoms with E-state index in [4.69, 9.17) is 4.55 Å². The molecule has 11 nitrogen and oxygen atoms in total. The Labute approximate surface area is 129 Å². The van der Waals surface area contributed by atoms with Crippen LogP contribution in [0.4, 0.5) is 0 Å². The van der Waals surface area contributed by atoms with Crippen LogP contribution in [0.5, 0.6) is 0 Å². The van der Waals surface area contributed by atoms with Gasteiger partial charge in [-0.05, 0) is 16.8 Å². The molecule has 2 saturated heterocycles. The maximum Gasteiger partial charge on any atom is 0.362 e. The van der Waals surface area contributed by atoms with Crippen molar-refractivity contribution in [1.29, 1.82) is 0 Å². The van der Waals surface area contributed by atoms with Crippen molar-refractivity contribution in [2.75, 3.05) is 12.3 Å². The third-order valence-electron chi connectivity index (χ3n) is 3.61. The molecular weight excluding hydrogens is 336 g/mol. The predicted molar refractivity (Wildman–Crippen MR) is 71.8 cm³/mol. The van der Waals surface area contributed by atoms with Crippen LogP contribution in [0.1, 0.15) is 6.42 Å². The summed E-state index contributed by atoms with van der Waals surface area (Å²) in [5, 5.41) is 11.3. The normalized spacial score (nSPS) is 24.4. The standard InChI is InChI=1S/C9H12N6O5S2/c1-13-9(10-11-12-13)21-4-6(16)14-3-2-5-7(14)8(17)15(5)22(18,19)20/h5,7H,2-4H2,1H3,(H,18,19,20)/t5-,7+/m1/s1. The van der Waals surface area contributed by atoms with Gasteiger partial charge in [-0.25, -0.2) is 8.99 Å². The zero-order valence-corrected chi connectivity index (χ0v) is 13.0. The fourth-order valence-corrected chi connectivity index (χ4v) is 4.28. The van der Waals surface area contributed by atoms with Gasteiger partial charge in [0, 0.05) is 13.6 Å². The molecule has 0 bridgehead atoms. The first-order valence-corrected chi connectivity index (χ1v) is 8.64. The molecule has 0 unspecified atom stereocenters. The lowest BCUT2D eigenvalue weighted by molar-refractivity contribution is -0.150. The molecule has 0 aliphatic carbocycles. The van der Waals surface area contributed by atoms with Crippen LogP contribution in [-0.2, 0) is 26.9 Å². The maximum absolute atomic E-state index is 12.2. The molecule has 120 valence electrons. The molecule has 2 aliphatic rings. The highest BCUT2D eigenvalue weighted by atomic mass is 32.2. The van der Waals surface area contributed by atoms with Crippen molar-refractivity contribution in [3.8, 4) is 0 Å². The van der Waals surface area contributed by atoms with Crippen LogP contribution in [0.2, 0.25) is 0 Å². The minimum atomic E-state index is -4.56. The largest absolute Gasteiger partial charge is 0.362 e. The van der Waals surface area contributed by atoms with E-state index in [-0.39, 0.29) is 18.2 Å². The number of tetrazole rings is 1. The number of amides is 2. The molecule has 3 rings (SSSR count). The van der Waals surface area contributed by atoms with E-state index in [1.54, 1.807) is 7.05 Å². The highest BCUT2D eigenvalue weighted by Gasteiger charge is 2.59. The second-order valence-corrected chi connectivity index (χ2v) is 7.11. The number of hydrogen-bond acceptors (Lipinski definition) is 8. The maximum atomic E-state index is 12.2. The van der Waals surface area contributed by atoms with E-state index in [1.165, 1.54) is 9.58 Å². The molecule has 0 radical (unpaired) electrons. The number of fused-ring (bicyclic) bond motifs is 1. The number of rotatable bonds is 4. The van der Waals surface area contributed by atoms with Gasteiger partial charge in [0.05, 0.1) is 11.8 Å². The highest BCUT2D eigenvalue weighted by molar-refractivity contribution is 7.99. The van der Waals surface area contributed by atoms with E-state index >= 15 is 0 Å². The van der Waals surface area contributed by atoms with Gasteiger partial charge in [-0.3, -0.25) is 14.1 Å².